The first-order chi connectivity index (χ1) is 27.7. The van der Waals surface area contributed by atoms with Gasteiger partial charge in [0.15, 0.2) is 11.2 Å². The molecule has 4 amide bonds. The van der Waals surface area contributed by atoms with Gasteiger partial charge in [-0.3, -0.25) is 19.2 Å². The van der Waals surface area contributed by atoms with Gasteiger partial charge in [-0.05, 0) is 71.0 Å². The Bertz CT molecular complexity index is 2370. The summed E-state index contributed by atoms with van der Waals surface area (Å²) < 4.78 is 6.53. The molecule has 6 rings (SSSR count). The van der Waals surface area contributed by atoms with Gasteiger partial charge in [0.25, 0.3) is 0 Å². The van der Waals surface area contributed by atoms with E-state index in [4.69, 9.17) is 4.42 Å². The Kier molecular flexibility index (Phi) is 13.0. The number of hydrogen-bond donors (Lipinski definition) is 7. The number of likely N-dealkylation sites (N-methyl/N-ethyl adjacent to an activating group) is 1. The van der Waals surface area contributed by atoms with Gasteiger partial charge in [-0.1, -0.05) is 62.0 Å². The van der Waals surface area contributed by atoms with Gasteiger partial charge in [-0.15, -0.1) is 0 Å². The number of nitrogens with zero attached hydrogens (tertiary/aromatic N) is 1. The molecule has 2 aromatic rings. The topological polar surface area (TPSA) is 212 Å². The van der Waals surface area contributed by atoms with Crippen molar-refractivity contribution < 1.29 is 48.7 Å². The van der Waals surface area contributed by atoms with E-state index in [2.05, 4.69) is 101 Å². The average molecular weight is 811 g/mol. The summed E-state index contributed by atoms with van der Waals surface area (Å²) in [5.74, 6) is -2.46. The largest absolute Gasteiger partial charge is 0.456 e. The highest BCUT2D eigenvalue weighted by molar-refractivity contribution is 8.14. The van der Waals surface area contributed by atoms with E-state index >= 15 is 0 Å². The molecule has 2 aromatic carbocycles. The predicted molar refractivity (Wildman–Crippen MR) is 219 cm³/mol. The van der Waals surface area contributed by atoms with Crippen LogP contribution in [0.15, 0.2) is 82.9 Å². The zero-order chi connectivity index (χ0) is 41.7. The Morgan fingerprint density at radius 3 is 2.28 bits per heavy atom. The van der Waals surface area contributed by atoms with E-state index in [-0.39, 0.29) is 16.3 Å². The lowest BCUT2D eigenvalue weighted by Gasteiger charge is -2.25. The smallest absolute Gasteiger partial charge is 0.410 e. The number of amides is 4. The van der Waals surface area contributed by atoms with Crippen molar-refractivity contribution in [2.75, 3.05) is 37.5 Å². The summed E-state index contributed by atoms with van der Waals surface area (Å²) in [6.45, 7) is 3.24. The van der Waals surface area contributed by atoms with Crippen LogP contribution in [0.3, 0.4) is 0 Å². The molecule has 3 atom stereocenters. The predicted octanol–water partition coefficient (Wildman–Crippen LogP) is 0.788. The van der Waals surface area contributed by atoms with Crippen molar-refractivity contribution in [2.24, 2.45) is 0 Å². The third-order valence-corrected chi connectivity index (χ3v) is 11.3. The number of carbonyl (C=O) groups is 5. The molecule has 0 fully saturated rings. The Labute approximate surface area is 339 Å². The van der Waals surface area contributed by atoms with Crippen LogP contribution in [-0.4, -0.2) is 94.8 Å². The minimum atomic E-state index is -1.59. The first-order valence-electron chi connectivity index (χ1n) is 19.0. The SMILES string of the molecule is CC(=O)SCC(=O)N[C@H](CO)C(=O)N[C@H](CO)C(=O)N[C@H](CO)C(=O)[NH+]=c1ccc2cc3c(oc-2c1)/C(=C/C=C1/N(C)c2ccc4ccccc4c2C1(C)C)CCC3. The van der Waals surface area contributed by atoms with Crippen molar-refractivity contribution in [3.8, 4) is 11.3 Å². The van der Waals surface area contributed by atoms with E-state index in [1.807, 2.05) is 6.07 Å². The molecule has 0 radical (unpaired) electrons. The minimum Gasteiger partial charge on any atom is -0.456 e. The lowest BCUT2D eigenvalue weighted by molar-refractivity contribution is -0.419. The fourth-order valence-electron chi connectivity index (χ4n) is 7.58. The molecule has 15 heteroatoms. The number of benzene rings is 3. The summed E-state index contributed by atoms with van der Waals surface area (Å²) in [7, 11) is 2.10. The number of nitrogens with one attached hydrogen (secondary N) is 4. The molecule has 14 nitrogen and oxygen atoms in total. The lowest BCUT2D eigenvalue weighted by atomic mass is 9.81. The van der Waals surface area contributed by atoms with E-state index in [1.54, 1.807) is 12.1 Å². The fourth-order valence-corrected chi connectivity index (χ4v) is 8.00. The van der Waals surface area contributed by atoms with Crippen molar-refractivity contribution >= 4 is 62.5 Å². The van der Waals surface area contributed by atoms with Gasteiger partial charge < -0.3 is 40.6 Å². The summed E-state index contributed by atoms with van der Waals surface area (Å²) in [5.41, 5.74) is 6.38. The molecule has 0 saturated carbocycles. The maximum atomic E-state index is 13.3. The standard InChI is InChI=1S/C43H47N5O9S/c1-24(52)58-23-37(53)45-31(20-49)41(55)47-33(22-51)42(56)46-32(21-50)40(54)44-29-15-12-27-18-28-10-7-9-26(39(28)57-35(27)19-29)14-17-36-43(2,3)38-30-11-6-5-8-25(30)13-16-34(38)48(36)4/h5-6,8,11-19,31-33,49-51H,7,9-10,20-23H2,1-4H3,(H,45,53)(H,46,56)(H,47,55)/p+1/b26-14+,36-17+,44-29?/t31-,32-,33-/m1/s1. The molecule has 304 valence electrons. The van der Waals surface area contributed by atoms with E-state index in [0.29, 0.717) is 22.9 Å². The number of aliphatic hydroxyl groups is 3. The number of aliphatic hydroxyl groups excluding tert-OH is 3. The molecule has 0 bridgehead atoms. The Hall–Kier alpha value is -5.61. The highest BCUT2D eigenvalue weighted by Crippen LogP contribution is 2.50. The van der Waals surface area contributed by atoms with Crippen LogP contribution in [0.2, 0.25) is 0 Å². The molecule has 7 N–H and O–H groups in total. The van der Waals surface area contributed by atoms with E-state index < -0.39 is 61.6 Å². The molecule has 0 saturated heterocycles. The first-order valence-corrected chi connectivity index (χ1v) is 20.0. The van der Waals surface area contributed by atoms with Crippen LogP contribution in [0.25, 0.3) is 27.7 Å². The van der Waals surface area contributed by atoms with Crippen molar-refractivity contribution in [1.29, 1.82) is 0 Å². The maximum Gasteiger partial charge on any atom is 0.410 e. The first kappa shape index (κ1) is 42.0. The Morgan fingerprint density at radius 2 is 1.57 bits per heavy atom. The number of carbonyl (C=O) groups excluding carboxylic acids is 5. The number of hydrogen-bond acceptors (Lipinski definition) is 11. The van der Waals surface area contributed by atoms with Crippen molar-refractivity contribution in [3.05, 3.63) is 101 Å². The zero-order valence-corrected chi connectivity index (χ0v) is 33.6. The van der Waals surface area contributed by atoms with Gasteiger partial charge in [-0.25, -0.2) is 4.79 Å². The van der Waals surface area contributed by atoms with E-state index in [1.165, 1.54) is 34.6 Å². The Balaban J connectivity index is 1.19. The average Bonchev–Trinajstić information content (AvgIpc) is 3.41. The number of anilines is 1. The number of thioether (sulfide) groups is 1. The van der Waals surface area contributed by atoms with E-state index in [9.17, 15) is 39.3 Å². The molecule has 58 heavy (non-hydrogen) atoms. The number of aryl methyl sites for hydroxylation is 1. The number of fused-ring (bicyclic) bond motifs is 5. The van der Waals surface area contributed by atoms with Crippen LogP contribution in [0.5, 0.6) is 0 Å². The van der Waals surface area contributed by atoms with Crippen LogP contribution >= 0.6 is 11.8 Å². The van der Waals surface area contributed by atoms with Crippen LogP contribution in [0.1, 0.15) is 50.5 Å². The van der Waals surface area contributed by atoms with Crippen LogP contribution in [-0.2, 0) is 35.8 Å². The number of rotatable bonds is 12. The summed E-state index contributed by atoms with van der Waals surface area (Å²) in [6, 6.07) is 15.5. The molecule has 0 aromatic heterocycles. The van der Waals surface area contributed by atoms with Crippen molar-refractivity contribution in [3.63, 3.8) is 0 Å². The van der Waals surface area contributed by atoms with Gasteiger partial charge in [0, 0.05) is 42.4 Å². The maximum absolute atomic E-state index is 13.3. The summed E-state index contributed by atoms with van der Waals surface area (Å²) >= 11 is 0.709. The van der Waals surface area contributed by atoms with Crippen molar-refractivity contribution in [2.45, 2.75) is 63.6 Å². The molecule has 0 spiro atoms. The van der Waals surface area contributed by atoms with Gasteiger partial charge in [0.05, 0.1) is 31.6 Å². The number of allylic oxidation sites excluding steroid dienone is 4. The summed E-state index contributed by atoms with van der Waals surface area (Å²) in [5, 5.41) is 38.7. The molecule has 2 aliphatic carbocycles. The summed E-state index contributed by atoms with van der Waals surface area (Å²) in [4.78, 5) is 67.1. The van der Waals surface area contributed by atoms with Gasteiger partial charge in [0.1, 0.15) is 23.6 Å². The van der Waals surface area contributed by atoms with Gasteiger partial charge in [0.2, 0.25) is 23.1 Å². The molecule has 4 aliphatic rings. The quantitative estimate of drug-likeness (QED) is 0.106. The normalized spacial score (nSPS) is 17.8. The van der Waals surface area contributed by atoms with Crippen LogP contribution < -0.4 is 31.2 Å². The second-order valence-electron chi connectivity index (χ2n) is 14.9. The second kappa shape index (κ2) is 17.9. The zero-order valence-electron chi connectivity index (χ0n) is 32.8. The highest BCUT2D eigenvalue weighted by Gasteiger charge is 2.39. The van der Waals surface area contributed by atoms with Crippen molar-refractivity contribution in [1.82, 2.24) is 16.0 Å². The van der Waals surface area contributed by atoms with Gasteiger partial charge in [-0.2, -0.15) is 4.99 Å². The molecule has 2 heterocycles. The molecule has 0 unspecified atom stereocenters. The van der Waals surface area contributed by atoms with Crippen LogP contribution in [0.4, 0.5) is 5.69 Å². The summed E-state index contributed by atoms with van der Waals surface area (Å²) in [6.07, 6.45) is 6.98. The third-order valence-electron chi connectivity index (χ3n) is 10.5. The van der Waals surface area contributed by atoms with Crippen LogP contribution in [0, 0.1) is 0 Å². The molecular weight excluding hydrogens is 763 g/mol. The lowest BCUT2D eigenvalue weighted by Crippen LogP contribution is -2.85. The van der Waals surface area contributed by atoms with Gasteiger partial charge >= 0.3 is 5.91 Å². The molecule has 2 aliphatic heterocycles. The third kappa shape index (κ3) is 8.92. The molecular formula is C43H48N5O9S+. The second-order valence-corrected chi connectivity index (χ2v) is 16.0. The highest BCUT2D eigenvalue weighted by atomic mass is 32.2. The van der Waals surface area contributed by atoms with E-state index in [0.717, 1.165) is 41.7 Å². The Morgan fingerprint density at radius 1 is 0.879 bits per heavy atom. The minimum absolute atomic E-state index is 0.245. The monoisotopic (exact) mass is 810 g/mol. The fraction of sp³-hybridized carbons (Fsp3) is 0.349.